The molecule has 0 unspecified atom stereocenters. The van der Waals surface area contributed by atoms with Crippen molar-refractivity contribution in [3.8, 4) is 106 Å². The van der Waals surface area contributed by atoms with Crippen LogP contribution in [0.5, 0.6) is 0 Å². The lowest BCUT2D eigenvalue weighted by Crippen LogP contribution is -1.98. The molecule has 0 bridgehead atoms. The number of fused-ring (bicyclic) bond motifs is 20. The highest BCUT2D eigenvalue weighted by molar-refractivity contribution is 6.19. The number of rotatable bonds is 11. The summed E-state index contributed by atoms with van der Waals surface area (Å²) < 4.78 is 6.81. The summed E-state index contributed by atoms with van der Waals surface area (Å²) in [5.74, 6) is 0. The van der Waals surface area contributed by atoms with Gasteiger partial charge in [-0.3, -0.25) is 13.7 Å². The largest absolute Gasteiger partial charge is 0.293 e. The van der Waals surface area contributed by atoms with E-state index >= 15 is 0 Å². The molecule has 0 saturated carbocycles. The molecule has 0 spiro atoms. The van der Waals surface area contributed by atoms with E-state index in [1.165, 1.54) is 120 Å². The Labute approximate surface area is 811 Å². The summed E-state index contributed by atoms with van der Waals surface area (Å²) in [4.78, 5) is 31.3. The van der Waals surface area contributed by atoms with Gasteiger partial charge in [0.05, 0.1) is 49.7 Å². The summed E-state index contributed by atoms with van der Waals surface area (Å²) in [5, 5.41) is 18.2. The number of hydrogen-bond acceptors (Lipinski definition) is 6. The van der Waals surface area contributed by atoms with Gasteiger partial charge in [-0.25, -0.2) is 29.9 Å². The fraction of sp³-hybridized carbons (Fsp3) is 0. The lowest BCUT2D eigenvalue weighted by atomic mass is 9.93. The standard InChI is InChI=1S/C58H37N3.C40H25N3.C34H21N3/c1-3-13-38(14-4-1)47-31-48(39-15-5-2-6-16-39)33-49(32-47)46-27-28-56-53(37-46)57-58(60-55-22-12-11-21-54(55)59-57)61(56)52-35-50(44-25-23-40-17-7-9-19-42(40)29-44)34-51(36-52)45-26-24-41-18-8-10-20-43(41)30-45;1-2-11-26(12-3-1)27-14-10-15-30(23-27)43-38-22-21-29(25-35(38)39-40(43)42-37-20-9-8-19-36(37)41-39)34-24-28-13-4-5-16-31(28)32-17-6-7-18-33(32)34;1-2-11-24(12-3-1)37-32-19-18-23(21-29(32)33-34(37)36-31-17-9-8-16-30(31)35-33)28-20-22-10-4-5-13-25(22)26-14-6-7-15-27(26)28/h1-37H;1-25H;1-21H. The zero-order valence-corrected chi connectivity index (χ0v) is 76.4. The van der Waals surface area contributed by atoms with E-state index in [4.69, 9.17) is 29.9 Å². The zero-order chi connectivity index (χ0) is 93.0. The van der Waals surface area contributed by atoms with Crippen LogP contribution in [0.1, 0.15) is 0 Å². The van der Waals surface area contributed by atoms with Gasteiger partial charge in [-0.2, -0.15) is 0 Å². The summed E-state index contributed by atoms with van der Waals surface area (Å²) in [6.45, 7) is 0. The molecule has 0 aliphatic carbocycles. The normalized spacial score (nSPS) is 11.7. The Morgan fingerprint density at radius 1 is 0.128 bits per heavy atom. The van der Waals surface area contributed by atoms with Crippen molar-refractivity contribution in [3.05, 3.63) is 504 Å². The van der Waals surface area contributed by atoms with E-state index in [9.17, 15) is 0 Å². The third kappa shape index (κ3) is 14.6. The van der Waals surface area contributed by atoms with Gasteiger partial charge in [0.1, 0.15) is 16.6 Å². The quantitative estimate of drug-likeness (QED) is 0.120. The van der Waals surface area contributed by atoms with Gasteiger partial charge < -0.3 is 0 Å². The molecule has 6 heterocycles. The number of aromatic nitrogens is 9. The van der Waals surface area contributed by atoms with Crippen LogP contribution in [0, 0.1) is 0 Å². The van der Waals surface area contributed by atoms with Crippen LogP contribution in [0.2, 0.25) is 0 Å². The minimum Gasteiger partial charge on any atom is -0.293 e. The van der Waals surface area contributed by atoms with Crippen LogP contribution in [-0.4, -0.2) is 43.6 Å². The molecule has 9 nitrogen and oxygen atoms in total. The van der Waals surface area contributed by atoms with Crippen LogP contribution in [0.4, 0.5) is 0 Å². The molecular formula is C132H83N9. The minimum atomic E-state index is 0.828. The zero-order valence-electron chi connectivity index (χ0n) is 76.4. The van der Waals surface area contributed by atoms with Gasteiger partial charge in [-0.05, 0) is 311 Å². The van der Waals surface area contributed by atoms with Crippen LogP contribution in [0.15, 0.2) is 504 Å². The maximum Gasteiger partial charge on any atom is 0.165 e. The van der Waals surface area contributed by atoms with E-state index in [0.717, 1.165) is 150 Å². The Kier molecular flexibility index (Phi) is 19.8. The van der Waals surface area contributed by atoms with Crippen LogP contribution in [0.25, 0.3) is 270 Å². The Balaban J connectivity index is 0.000000110. The maximum absolute atomic E-state index is 5.39. The number of para-hydroxylation sites is 7. The second-order valence-electron chi connectivity index (χ2n) is 36.4. The van der Waals surface area contributed by atoms with Gasteiger partial charge in [-0.1, -0.05) is 346 Å². The molecule has 0 saturated heterocycles. The summed E-state index contributed by atoms with van der Waals surface area (Å²) in [5.41, 5.74) is 35.8. The van der Waals surface area contributed by atoms with Crippen molar-refractivity contribution in [2.45, 2.75) is 0 Å². The topological polar surface area (TPSA) is 92.1 Å². The van der Waals surface area contributed by atoms with E-state index < -0.39 is 0 Å². The van der Waals surface area contributed by atoms with Gasteiger partial charge in [0.15, 0.2) is 16.9 Å². The first kappa shape index (κ1) is 81.6. The summed E-state index contributed by atoms with van der Waals surface area (Å²) >= 11 is 0. The van der Waals surface area contributed by atoms with Gasteiger partial charge >= 0.3 is 0 Å². The number of benzene rings is 23. The Morgan fingerprint density at radius 2 is 0.397 bits per heavy atom. The Bertz CT molecular complexity index is 9930. The second-order valence-corrected chi connectivity index (χ2v) is 36.4. The molecule has 0 radical (unpaired) electrons. The van der Waals surface area contributed by atoms with Crippen molar-refractivity contribution < 1.29 is 0 Å². The van der Waals surface area contributed by atoms with E-state index in [2.05, 4.69) is 450 Å². The van der Waals surface area contributed by atoms with E-state index in [0.29, 0.717) is 0 Å². The third-order valence-corrected chi connectivity index (χ3v) is 28.0. The van der Waals surface area contributed by atoms with Gasteiger partial charge in [-0.15, -0.1) is 0 Å². The monoisotopic (exact) mass is 1790 g/mol. The number of nitrogens with zero attached hydrogens (tertiary/aromatic N) is 9. The fourth-order valence-corrected chi connectivity index (χ4v) is 21.2. The fourth-order valence-electron chi connectivity index (χ4n) is 21.2. The van der Waals surface area contributed by atoms with Gasteiger partial charge in [0, 0.05) is 33.2 Å². The van der Waals surface area contributed by atoms with Crippen molar-refractivity contribution in [1.82, 2.24) is 43.6 Å². The van der Waals surface area contributed by atoms with Crippen LogP contribution < -0.4 is 0 Å². The average molecular weight is 1800 g/mol. The highest BCUT2D eigenvalue weighted by Crippen LogP contribution is 2.46. The van der Waals surface area contributed by atoms with Gasteiger partial charge in [0.2, 0.25) is 0 Å². The number of hydrogen-bond donors (Lipinski definition) is 0. The van der Waals surface area contributed by atoms with Crippen molar-refractivity contribution in [2.75, 3.05) is 0 Å². The van der Waals surface area contributed by atoms with Crippen molar-refractivity contribution >= 4 is 164 Å². The highest BCUT2D eigenvalue weighted by atomic mass is 15.1. The van der Waals surface area contributed by atoms with E-state index in [-0.39, 0.29) is 0 Å². The second kappa shape index (κ2) is 34.1. The molecule has 29 aromatic rings. The molecule has 0 N–H and O–H groups in total. The molecule has 0 aliphatic rings. The first-order chi connectivity index (χ1) is 69.8. The summed E-state index contributed by atoms with van der Waals surface area (Å²) in [6.07, 6.45) is 0. The van der Waals surface area contributed by atoms with Crippen LogP contribution in [0.3, 0.4) is 0 Å². The first-order valence-corrected chi connectivity index (χ1v) is 47.9. The van der Waals surface area contributed by atoms with Crippen molar-refractivity contribution in [3.63, 3.8) is 0 Å². The third-order valence-electron chi connectivity index (χ3n) is 28.0. The lowest BCUT2D eigenvalue weighted by Gasteiger charge is -2.15. The predicted octanol–water partition coefficient (Wildman–Crippen LogP) is 34.4. The lowest BCUT2D eigenvalue weighted by molar-refractivity contribution is 1.14. The average Bonchev–Trinajstić information content (AvgIpc) is 1.59. The molecule has 23 aromatic carbocycles. The molecule has 141 heavy (non-hydrogen) atoms. The molecule has 9 heteroatoms. The molecule has 0 aliphatic heterocycles. The molecular weight excluding hydrogens is 1710 g/mol. The Hall–Kier alpha value is -19.0. The first-order valence-electron chi connectivity index (χ1n) is 47.9. The van der Waals surface area contributed by atoms with Crippen LogP contribution in [-0.2, 0) is 0 Å². The molecule has 29 rings (SSSR count). The molecule has 656 valence electrons. The summed E-state index contributed by atoms with van der Waals surface area (Å²) in [7, 11) is 0. The Morgan fingerprint density at radius 3 is 0.823 bits per heavy atom. The SMILES string of the molecule is c1ccc(-c2cc(-c3ccccc3)cc(-c3ccc4c(c3)c3nc5ccccc5nc3n4-c3cc(-c4ccc5ccccc5c4)cc(-c4ccc5ccccc5c4)c3)c2)cc1.c1ccc(-c2cccc(-n3c4ccc(-c5cc6ccccc6c6ccccc56)cc4c4nc5ccccc5nc43)c2)cc1.c1ccc(-n2c3ccc(-c4cc5ccccc5c5ccccc45)cc3c3nc4ccccc4nc32)cc1. The summed E-state index contributed by atoms with van der Waals surface area (Å²) in [6, 6.07) is 180. The highest BCUT2D eigenvalue weighted by Gasteiger charge is 2.25. The van der Waals surface area contributed by atoms with E-state index in [1.807, 2.05) is 66.7 Å². The smallest absolute Gasteiger partial charge is 0.165 e. The predicted molar refractivity (Wildman–Crippen MR) is 590 cm³/mol. The molecule has 0 fully saturated rings. The molecule has 0 amide bonds. The molecule has 0 atom stereocenters. The van der Waals surface area contributed by atoms with Gasteiger partial charge in [0.25, 0.3) is 0 Å². The maximum atomic E-state index is 5.39. The van der Waals surface area contributed by atoms with Crippen LogP contribution >= 0.6 is 0 Å². The minimum absolute atomic E-state index is 0.828. The molecule has 6 aromatic heterocycles. The van der Waals surface area contributed by atoms with E-state index in [1.54, 1.807) is 0 Å². The van der Waals surface area contributed by atoms with Crippen molar-refractivity contribution in [2.24, 2.45) is 0 Å². The van der Waals surface area contributed by atoms with Crippen molar-refractivity contribution in [1.29, 1.82) is 0 Å².